The summed E-state index contributed by atoms with van der Waals surface area (Å²) in [5, 5.41) is 0.575. The van der Waals surface area contributed by atoms with Crippen LogP contribution < -0.4 is 4.90 Å². The lowest BCUT2D eigenvalue weighted by Crippen LogP contribution is -2.37. The van der Waals surface area contributed by atoms with Crippen LogP contribution in [0.1, 0.15) is 34.3 Å². The van der Waals surface area contributed by atoms with E-state index in [4.69, 9.17) is 9.47 Å². The van der Waals surface area contributed by atoms with Gasteiger partial charge in [-0.1, -0.05) is 0 Å². The molecule has 0 bridgehead atoms. The molecule has 1 aromatic heterocycles. The van der Waals surface area contributed by atoms with Crippen molar-refractivity contribution in [2.75, 3.05) is 38.3 Å². The molecule has 2 aliphatic rings. The van der Waals surface area contributed by atoms with Crippen molar-refractivity contribution in [1.29, 1.82) is 0 Å². The number of halogens is 3. The summed E-state index contributed by atoms with van der Waals surface area (Å²) in [6.07, 6.45) is 0.0973. The number of carbonyl (C=O) groups excluding carboxylic acids is 1. The maximum atomic E-state index is 13.5. The topological polar surface area (TPSA) is 43.7 Å². The standard InChI is InChI=1S/C25H25F3N2O3/c1-32-24(31)17-10-20(29-6-2-7-29)13-21(11-17)30-14-18(9-16-5-8-33-15-16)22-12-19(25(26,27)28)3-4-23(22)30/h3-4,10-14,16H,2,5-9,15H2,1H3. The zero-order valence-corrected chi connectivity index (χ0v) is 18.3. The lowest BCUT2D eigenvalue weighted by Gasteiger charge is -2.33. The molecular formula is C25H25F3N2O3. The number of hydrogen-bond donors (Lipinski definition) is 0. The number of benzene rings is 2. The van der Waals surface area contributed by atoms with E-state index in [1.54, 1.807) is 12.1 Å². The van der Waals surface area contributed by atoms with E-state index in [0.717, 1.165) is 48.9 Å². The lowest BCUT2D eigenvalue weighted by molar-refractivity contribution is -0.137. The van der Waals surface area contributed by atoms with Gasteiger partial charge in [-0.05, 0) is 67.1 Å². The van der Waals surface area contributed by atoms with Gasteiger partial charge in [0.25, 0.3) is 0 Å². The van der Waals surface area contributed by atoms with E-state index in [1.165, 1.54) is 19.2 Å². The number of hydrogen-bond acceptors (Lipinski definition) is 4. The summed E-state index contributed by atoms with van der Waals surface area (Å²) in [6, 6.07) is 9.37. The first-order valence-electron chi connectivity index (χ1n) is 11.1. The molecule has 0 N–H and O–H groups in total. The Labute approximate surface area is 189 Å². The molecule has 3 aromatic rings. The van der Waals surface area contributed by atoms with Crippen LogP contribution in [0.5, 0.6) is 0 Å². The Bertz CT molecular complexity index is 1190. The second-order valence-electron chi connectivity index (χ2n) is 8.76. The summed E-state index contributed by atoms with van der Waals surface area (Å²) in [6.45, 7) is 3.09. The number of rotatable bonds is 5. The van der Waals surface area contributed by atoms with Gasteiger partial charge in [0.1, 0.15) is 0 Å². The summed E-state index contributed by atoms with van der Waals surface area (Å²) in [5.74, 6) is -0.172. The molecular weight excluding hydrogens is 433 g/mol. The summed E-state index contributed by atoms with van der Waals surface area (Å²) in [7, 11) is 1.34. The van der Waals surface area contributed by atoms with Crippen molar-refractivity contribution < 1.29 is 27.4 Å². The maximum Gasteiger partial charge on any atom is 0.416 e. The van der Waals surface area contributed by atoms with Crippen molar-refractivity contribution in [2.45, 2.75) is 25.4 Å². The first-order valence-corrected chi connectivity index (χ1v) is 11.1. The van der Waals surface area contributed by atoms with Crippen molar-refractivity contribution in [3.05, 3.63) is 59.3 Å². The van der Waals surface area contributed by atoms with Crippen LogP contribution in [0.25, 0.3) is 16.6 Å². The number of nitrogens with zero attached hydrogens (tertiary/aromatic N) is 2. The van der Waals surface area contributed by atoms with Crippen LogP contribution in [-0.2, 0) is 22.1 Å². The fourth-order valence-electron chi connectivity index (χ4n) is 4.63. The molecule has 3 heterocycles. The van der Waals surface area contributed by atoms with E-state index in [-0.39, 0.29) is 5.92 Å². The highest BCUT2D eigenvalue weighted by atomic mass is 19.4. The number of methoxy groups -OCH3 is 1. The number of ether oxygens (including phenoxy) is 2. The Morgan fingerprint density at radius 3 is 2.58 bits per heavy atom. The number of esters is 1. The SMILES string of the molecule is COC(=O)c1cc(N2CCC2)cc(-n2cc(CC3CCOC3)c3cc(C(F)(F)F)ccc32)c1. The second kappa shape index (κ2) is 8.41. The molecule has 2 aromatic carbocycles. The minimum atomic E-state index is -4.42. The maximum absolute atomic E-state index is 13.5. The van der Waals surface area contributed by atoms with E-state index in [9.17, 15) is 18.0 Å². The largest absolute Gasteiger partial charge is 0.465 e. The average molecular weight is 458 g/mol. The number of carbonyl (C=O) groups is 1. The molecule has 0 saturated carbocycles. The van der Waals surface area contributed by atoms with Crippen LogP contribution >= 0.6 is 0 Å². The molecule has 1 atom stereocenters. The molecule has 2 aliphatic heterocycles. The number of aromatic nitrogens is 1. The van der Waals surface area contributed by atoms with Gasteiger partial charge >= 0.3 is 12.1 Å². The summed E-state index contributed by atoms with van der Waals surface area (Å²) in [4.78, 5) is 14.5. The lowest BCUT2D eigenvalue weighted by atomic mass is 9.98. The van der Waals surface area contributed by atoms with Gasteiger partial charge in [0.05, 0.1) is 23.8 Å². The zero-order chi connectivity index (χ0) is 23.2. The van der Waals surface area contributed by atoms with Gasteiger partial charge in [0, 0.05) is 49.3 Å². The number of anilines is 1. The Hall–Kier alpha value is -3.00. The van der Waals surface area contributed by atoms with E-state index in [0.29, 0.717) is 36.1 Å². The van der Waals surface area contributed by atoms with Gasteiger partial charge in [0.2, 0.25) is 0 Å². The minimum Gasteiger partial charge on any atom is -0.465 e. The van der Waals surface area contributed by atoms with Gasteiger partial charge < -0.3 is 18.9 Å². The van der Waals surface area contributed by atoms with Crippen LogP contribution in [0.4, 0.5) is 18.9 Å². The molecule has 5 rings (SSSR count). The van der Waals surface area contributed by atoms with E-state index in [2.05, 4.69) is 4.90 Å². The van der Waals surface area contributed by atoms with Crippen molar-refractivity contribution in [2.24, 2.45) is 5.92 Å². The third kappa shape index (κ3) is 4.19. The summed E-state index contributed by atoms with van der Waals surface area (Å²) in [5.41, 5.74) is 2.89. The fourth-order valence-corrected chi connectivity index (χ4v) is 4.63. The highest BCUT2D eigenvalue weighted by molar-refractivity contribution is 5.92. The van der Waals surface area contributed by atoms with E-state index >= 15 is 0 Å². The van der Waals surface area contributed by atoms with Crippen LogP contribution in [0.3, 0.4) is 0 Å². The molecule has 0 amide bonds. The predicted octanol–water partition coefficient (Wildman–Crippen LogP) is 5.23. The molecule has 8 heteroatoms. The Morgan fingerprint density at radius 2 is 1.94 bits per heavy atom. The van der Waals surface area contributed by atoms with Gasteiger partial charge in [0.15, 0.2) is 0 Å². The summed E-state index contributed by atoms with van der Waals surface area (Å²) < 4.78 is 52.7. The van der Waals surface area contributed by atoms with Crippen molar-refractivity contribution >= 4 is 22.6 Å². The Morgan fingerprint density at radius 1 is 1.15 bits per heavy atom. The van der Waals surface area contributed by atoms with Crippen molar-refractivity contribution in [3.63, 3.8) is 0 Å². The molecule has 33 heavy (non-hydrogen) atoms. The van der Waals surface area contributed by atoms with Crippen LogP contribution in [-0.4, -0.2) is 43.9 Å². The molecule has 0 spiro atoms. The van der Waals surface area contributed by atoms with Crippen LogP contribution in [0, 0.1) is 5.92 Å². The normalized spacial score (nSPS) is 18.5. The van der Waals surface area contributed by atoms with Crippen molar-refractivity contribution in [3.8, 4) is 5.69 Å². The molecule has 2 fully saturated rings. The van der Waals surface area contributed by atoms with E-state index < -0.39 is 17.7 Å². The Kier molecular flexibility index (Phi) is 5.56. The zero-order valence-electron chi connectivity index (χ0n) is 18.3. The van der Waals surface area contributed by atoms with Crippen LogP contribution in [0.2, 0.25) is 0 Å². The molecule has 174 valence electrons. The second-order valence-corrected chi connectivity index (χ2v) is 8.76. The van der Waals surface area contributed by atoms with Crippen LogP contribution in [0.15, 0.2) is 42.6 Å². The summed E-state index contributed by atoms with van der Waals surface area (Å²) >= 11 is 0. The predicted molar refractivity (Wildman–Crippen MR) is 119 cm³/mol. The van der Waals surface area contributed by atoms with Crippen molar-refractivity contribution in [1.82, 2.24) is 4.57 Å². The molecule has 5 nitrogen and oxygen atoms in total. The fraction of sp³-hybridized carbons (Fsp3) is 0.400. The molecule has 0 aliphatic carbocycles. The molecule has 1 unspecified atom stereocenters. The minimum absolute atomic E-state index is 0.275. The average Bonchev–Trinajstić information content (AvgIpc) is 3.39. The molecule has 0 radical (unpaired) electrons. The first-order chi connectivity index (χ1) is 15.8. The smallest absolute Gasteiger partial charge is 0.416 e. The highest BCUT2D eigenvalue weighted by Gasteiger charge is 2.31. The molecule has 2 saturated heterocycles. The van der Waals surface area contributed by atoms with Gasteiger partial charge in [-0.2, -0.15) is 13.2 Å². The van der Waals surface area contributed by atoms with Gasteiger partial charge in [-0.3, -0.25) is 0 Å². The monoisotopic (exact) mass is 458 g/mol. The third-order valence-corrected chi connectivity index (χ3v) is 6.57. The number of alkyl halides is 3. The third-order valence-electron chi connectivity index (χ3n) is 6.57. The highest BCUT2D eigenvalue weighted by Crippen LogP contribution is 2.36. The first kappa shape index (κ1) is 21.8. The van der Waals surface area contributed by atoms with Gasteiger partial charge in [-0.15, -0.1) is 0 Å². The number of fused-ring (bicyclic) bond motifs is 1. The quantitative estimate of drug-likeness (QED) is 0.492. The Balaban J connectivity index is 1.66. The van der Waals surface area contributed by atoms with Gasteiger partial charge in [-0.25, -0.2) is 4.79 Å². The van der Waals surface area contributed by atoms with E-state index in [1.807, 2.05) is 16.8 Å².